The van der Waals surface area contributed by atoms with Crippen LogP contribution in [0.5, 0.6) is 0 Å². The van der Waals surface area contributed by atoms with Crippen molar-refractivity contribution in [2.24, 2.45) is 29.4 Å². The Labute approximate surface area is 614 Å². The Bertz CT molecular complexity index is 4030. The molecule has 0 spiro atoms. The van der Waals surface area contributed by atoms with E-state index in [1.807, 2.05) is 0 Å². The number of Topliss-reactive ketones (excluding diaryl/α,β-unsaturated/α-hetero) is 5. The van der Waals surface area contributed by atoms with Crippen LogP contribution in [0.25, 0.3) is 21.8 Å². The zero-order chi connectivity index (χ0) is 76.2. The number of para-hydroxylation sites is 2. The Morgan fingerprint density at radius 2 is 1.22 bits per heavy atom. The number of amides is 9. The number of carboxylic acid groups (broad SMARTS) is 1. The molecule has 0 aliphatic carbocycles. The molecule has 0 saturated carbocycles. The Morgan fingerprint density at radius 3 is 1.85 bits per heavy atom. The van der Waals surface area contributed by atoms with Crippen LogP contribution in [-0.2, 0) is 91.2 Å². The van der Waals surface area contributed by atoms with Gasteiger partial charge in [0.2, 0.25) is 53.2 Å². The van der Waals surface area contributed by atoms with E-state index in [0.29, 0.717) is 38.5 Å². The molecular formula is C74H93N11O18S2. The van der Waals surface area contributed by atoms with Gasteiger partial charge in [0, 0.05) is 127 Å². The molecule has 3 saturated heterocycles. The normalized spacial score (nSPS) is 24.2. The number of hydrogen-bond donors (Lipinski definition) is 12. The number of H-pyrrole nitrogens is 2. The number of rotatable bonds is 22. The number of ketones is 5. The molecule has 0 radical (unpaired) electrons. The van der Waals surface area contributed by atoms with Gasteiger partial charge >= 0.3 is 5.97 Å². The van der Waals surface area contributed by atoms with Crippen LogP contribution in [0.2, 0.25) is 0 Å². The summed E-state index contributed by atoms with van der Waals surface area (Å²) in [5.74, 6) is -17.3. The monoisotopic (exact) mass is 1490 g/mol. The Hall–Kier alpha value is -9.59. The van der Waals surface area contributed by atoms with E-state index in [1.54, 1.807) is 91.3 Å². The molecule has 5 heterocycles. The number of carbonyl (C=O) groups is 15. The minimum atomic E-state index is -1.77. The molecule has 3 aliphatic heterocycles. The van der Waals surface area contributed by atoms with E-state index in [9.17, 15) is 72.9 Å². The third-order valence-corrected chi connectivity index (χ3v) is 21.9. The van der Waals surface area contributed by atoms with Crippen molar-refractivity contribution in [1.82, 2.24) is 51.7 Å². The van der Waals surface area contributed by atoms with E-state index in [1.165, 1.54) is 37.5 Å². The number of nitrogens with zero attached hydrogens (tertiary/aromatic N) is 2. The first-order valence-corrected chi connectivity index (χ1v) is 37.8. The van der Waals surface area contributed by atoms with Gasteiger partial charge in [-0.15, -0.1) is 0 Å². The number of aliphatic hydroxyl groups is 2. The highest BCUT2D eigenvalue weighted by Gasteiger charge is 2.44. The Morgan fingerprint density at radius 1 is 0.648 bits per heavy atom. The first kappa shape index (κ1) is 81.1. The second-order valence-corrected chi connectivity index (χ2v) is 30.0. The molecule has 9 amide bonds. The van der Waals surface area contributed by atoms with Gasteiger partial charge in [0.25, 0.3) is 0 Å². The number of fused-ring (bicyclic) bond motifs is 3. The van der Waals surface area contributed by atoms with Crippen molar-refractivity contribution in [2.75, 3.05) is 31.2 Å². The number of likely N-dealkylation sites (tertiary alicyclic amines) is 1. The quantitative estimate of drug-likeness (QED) is 0.0443. The molecule has 29 nitrogen and oxygen atoms in total. The van der Waals surface area contributed by atoms with Gasteiger partial charge in [-0.3, -0.25) is 67.1 Å². The van der Waals surface area contributed by atoms with Crippen molar-refractivity contribution in [2.45, 2.75) is 178 Å². The molecule has 5 aromatic rings. The molecule has 3 fully saturated rings. The van der Waals surface area contributed by atoms with Gasteiger partial charge in [-0.05, 0) is 101 Å². The average molecular weight is 1490 g/mol. The second-order valence-electron chi connectivity index (χ2n) is 27.4. The second kappa shape index (κ2) is 38.4. The molecule has 3 aliphatic rings. The van der Waals surface area contributed by atoms with Gasteiger partial charge in [-0.25, -0.2) is 0 Å². The largest absolute Gasteiger partial charge is 0.481 e. The van der Waals surface area contributed by atoms with Crippen molar-refractivity contribution in [1.29, 1.82) is 0 Å². The highest BCUT2D eigenvalue weighted by atomic mass is 33.1. The molecule has 3 aromatic carbocycles. The summed E-state index contributed by atoms with van der Waals surface area (Å²) in [7, 11) is 2.04. The SMILES string of the molecule is CC(=O)C[C@@H](C)C(=O)N[C@@H](CCC(N)=O)C(=O)N1CCC[C@H]1C(=O)N[C@H]1CSSC[C@@H](C(C)=O)NC(=O)[C@H](Cc2ccccc2)CC(=O)[C@H]([C@@H](C)O)NC(=O)[C@H](Cc2c[nH]c3ccccc23)CC(=O)[C@H](CO)NC(=O)[C@H](CCC(=O)O)CC(=O)[C@H](Cc2c[nH]c3ccccc23)NC(=O)[C@@H]2CCCN2C1=O. The van der Waals surface area contributed by atoms with E-state index in [-0.39, 0.29) is 94.6 Å². The van der Waals surface area contributed by atoms with E-state index < -0.39 is 199 Å². The van der Waals surface area contributed by atoms with E-state index in [4.69, 9.17) is 5.73 Å². The number of hydrogen-bond acceptors (Lipinski definition) is 19. The van der Waals surface area contributed by atoms with Crippen LogP contribution in [0.15, 0.2) is 91.3 Å². The van der Waals surface area contributed by atoms with Crippen LogP contribution in [0.3, 0.4) is 0 Å². The molecule has 13 N–H and O–H groups in total. The van der Waals surface area contributed by atoms with Crippen LogP contribution >= 0.6 is 21.6 Å². The number of nitrogens with two attached hydrogens (primary N) is 1. The van der Waals surface area contributed by atoms with Gasteiger partial charge in [0.05, 0.1) is 24.8 Å². The van der Waals surface area contributed by atoms with E-state index in [0.717, 1.165) is 21.6 Å². The third-order valence-electron chi connectivity index (χ3n) is 19.4. The van der Waals surface area contributed by atoms with Crippen molar-refractivity contribution in [3.63, 3.8) is 0 Å². The molecule has 0 bridgehead atoms. The molecule has 31 heteroatoms. The number of aliphatic hydroxyl groups excluding tert-OH is 2. The molecule has 2 aromatic heterocycles. The van der Waals surface area contributed by atoms with Gasteiger partial charge in [0.15, 0.2) is 23.1 Å². The van der Waals surface area contributed by atoms with Crippen molar-refractivity contribution in [3.8, 4) is 0 Å². The number of aromatic amines is 2. The Balaban J connectivity index is 1.16. The lowest BCUT2D eigenvalue weighted by atomic mass is 9.88. The van der Waals surface area contributed by atoms with E-state index in [2.05, 4.69) is 41.9 Å². The van der Waals surface area contributed by atoms with E-state index >= 15 is 14.4 Å². The third kappa shape index (κ3) is 22.5. The van der Waals surface area contributed by atoms with Crippen LogP contribution in [-0.4, -0.2) is 209 Å². The standard InChI is InChI=1S/C74H93N11O18S2/c1-40(28-41(2)87)67(96)78-54(23-24-64(75)93)73(102)84-26-12-21-60(84)72(101)82-58-39-105-104-38-57(42(3)88)81-69(98)46(29-44-14-6-5-7-15-44)34-63(92)66(43(4)89)83-70(99)47(30-48-35-76-52-18-10-8-16-50(48)52)33-62(91)56(37-86)80-68(97)45(22-25-65(94)95)32-61(90)55(31-49-36-77-53-19-11-9-17-51(49)53)79-71(100)59-20-13-27-85(59)74(58)103/h5-11,14-19,35-36,40,43,45-47,54-60,66,76-77,86,89H,12-13,20-34,37-39H2,1-4H3,(H2,75,93)(H,78,96)(H,79,100)(H,80,97)(H,81,98)(H,82,101)(H,83,99)(H,94,95)/t40-,43-,45-,46-,47-,54+,55+,56+,57+,58+,59+,60+,66+/m1/s1. The lowest BCUT2D eigenvalue weighted by Gasteiger charge is -2.32. The number of carboxylic acids is 1. The van der Waals surface area contributed by atoms with Crippen molar-refractivity contribution < 1.29 is 87.2 Å². The number of benzene rings is 3. The fraction of sp³-hybridized carbons (Fsp3) is 0.500. The van der Waals surface area contributed by atoms with Crippen LogP contribution in [0, 0.1) is 23.7 Å². The molecular weight excluding hydrogens is 1400 g/mol. The van der Waals surface area contributed by atoms with Crippen LogP contribution in [0.1, 0.15) is 121 Å². The number of primary amides is 1. The zero-order valence-corrected chi connectivity index (χ0v) is 60.7. The molecule has 8 rings (SSSR count). The maximum atomic E-state index is 15.4. The first-order chi connectivity index (χ1) is 50.1. The fourth-order valence-electron chi connectivity index (χ4n) is 13.6. The summed E-state index contributed by atoms with van der Waals surface area (Å²) in [5.41, 5.74) is 8.52. The van der Waals surface area contributed by atoms with Crippen molar-refractivity contribution >= 4 is 131 Å². The minimum absolute atomic E-state index is 0.0104. The molecule has 105 heavy (non-hydrogen) atoms. The van der Waals surface area contributed by atoms with Crippen molar-refractivity contribution in [3.05, 3.63) is 108 Å². The summed E-state index contributed by atoms with van der Waals surface area (Å²) in [6, 6.07) is 11.2. The minimum Gasteiger partial charge on any atom is -0.481 e. The summed E-state index contributed by atoms with van der Waals surface area (Å²) >= 11 is 0. The number of carbonyl (C=O) groups excluding carboxylic acids is 14. The lowest BCUT2D eigenvalue weighted by molar-refractivity contribution is -0.144. The van der Waals surface area contributed by atoms with Gasteiger partial charge in [-0.1, -0.05) is 95.2 Å². The lowest BCUT2D eigenvalue weighted by Crippen LogP contribution is -2.59. The first-order valence-electron chi connectivity index (χ1n) is 35.3. The van der Waals surface area contributed by atoms with Gasteiger partial charge < -0.3 is 77.5 Å². The zero-order valence-electron chi connectivity index (χ0n) is 59.1. The van der Waals surface area contributed by atoms with Gasteiger partial charge in [-0.2, -0.15) is 0 Å². The number of aromatic nitrogens is 2. The summed E-state index contributed by atoms with van der Waals surface area (Å²) in [4.78, 5) is 220. The predicted molar refractivity (Wildman–Crippen MR) is 389 cm³/mol. The molecule has 13 atom stereocenters. The fourth-order valence-corrected chi connectivity index (χ4v) is 16.1. The van der Waals surface area contributed by atoms with Gasteiger partial charge in [0.1, 0.15) is 42.0 Å². The Kier molecular flexibility index (Phi) is 29.7. The topological polar surface area (TPSA) is 453 Å². The molecule has 564 valence electrons. The predicted octanol–water partition coefficient (Wildman–Crippen LogP) is 2.40. The number of aliphatic carboxylic acids is 1. The highest BCUT2D eigenvalue weighted by molar-refractivity contribution is 8.76. The summed E-state index contributed by atoms with van der Waals surface area (Å²) < 4.78 is 0. The van der Waals surface area contributed by atoms with Crippen LogP contribution < -0.4 is 37.6 Å². The molecule has 0 unspecified atom stereocenters. The maximum Gasteiger partial charge on any atom is 0.303 e. The van der Waals surface area contributed by atoms with Crippen LogP contribution in [0.4, 0.5) is 0 Å². The maximum absolute atomic E-state index is 15.4. The number of nitrogens with one attached hydrogen (secondary N) is 8. The average Bonchev–Trinajstić information content (AvgIpc) is 1.51. The summed E-state index contributed by atoms with van der Waals surface area (Å²) in [5, 5.41) is 49.6. The summed E-state index contributed by atoms with van der Waals surface area (Å²) in [6.07, 6.45) is -2.04. The smallest absolute Gasteiger partial charge is 0.303 e. The summed E-state index contributed by atoms with van der Waals surface area (Å²) in [6.45, 7) is 4.19. The highest BCUT2D eigenvalue weighted by Crippen LogP contribution is 2.30.